The Balaban J connectivity index is 1.97. The zero-order chi connectivity index (χ0) is 19.6. The minimum absolute atomic E-state index is 0.0347. The molecule has 27 heavy (non-hydrogen) atoms. The second-order valence-corrected chi connectivity index (χ2v) is 6.52. The van der Waals surface area contributed by atoms with E-state index in [4.69, 9.17) is 5.73 Å². The van der Waals surface area contributed by atoms with E-state index in [0.29, 0.717) is 23.8 Å². The van der Waals surface area contributed by atoms with E-state index in [9.17, 15) is 18.0 Å². The number of primary amides is 1. The summed E-state index contributed by atoms with van der Waals surface area (Å²) in [6.07, 6.45) is -3.50. The number of halogens is 3. The fraction of sp³-hybridized carbons (Fsp3) is 0.389. The molecule has 2 heterocycles. The zero-order valence-electron chi connectivity index (χ0n) is 14.8. The van der Waals surface area contributed by atoms with Crippen molar-refractivity contribution in [2.75, 3.05) is 38.1 Å². The Morgan fingerprint density at radius 1 is 1.07 bits per heavy atom. The monoisotopic (exact) mass is 379 g/mol. The molecule has 0 saturated carbocycles. The van der Waals surface area contributed by atoms with Crippen molar-refractivity contribution in [1.82, 2.24) is 14.9 Å². The number of carbonyl (C=O) groups is 1. The van der Waals surface area contributed by atoms with Gasteiger partial charge >= 0.3 is 6.18 Å². The van der Waals surface area contributed by atoms with Gasteiger partial charge in [0.25, 0.3) is 5.91 Å². The fourth-order valence-electron chi connectivity index (χ4n) is 2.93. The molecular formula is C18H20F3N5O. The average Bonchev–Trinajstić information content (AvgIpc) is 2.85. The normalized spacial score (nSPS) is 16.2. The molecule has 1 aromatic carbocycles. The van der Waals surface area contributed by atoms with Crippen molar-refractivity contribution in [2.24, 2.45) is 5.73 Å². The Hall–Kier alpha value is -2.68. The van der Waals surface area contributed by atoms with Gasteiger partial charge in [-0.15, -0.1) is 0 Å². The van der Waals surface area contributed by atoms with Crippen LogP contribution in [0.25, 0.3) is 11.3 Å². The summed E-state index contributed by atoms with van der Waals surface area (Å²) >= 11 is 0. The van der Waals surface area contributed by atoms with Gasteiger partial charge in [-0.3, -0.25) is 4.79 Å². The van der Waals surface area contributed by atoms with Crippen LogP contribution in [0.2, 0.25) is 0 Å². The fourth-order valence-corrected chi connectivity index (χ4v) is 2.93. The molecule has 6 nitrogen and oxygen atoms in total. The van der Waals surface area contributed by atoms with Gasteiger partial charge in [0.15, 0.2) is 0 Å². The number of alkyl halides is 3. The first kappa shape index (κ1) is 19.1. The molecule has 9 heteroatoms. The quantitative estimate of drug-likeness (QED) is 0.886. The molecular weight excluding hydrogens is 359 g/mol. The van der Waals surface area contributed by atoms with Gasteiger partial charge < -0.3 is 15.5 Å². The van der Waals surface area contributed by atoms with Crippen molar-refractivity contribution in [1.29, 1.82) is 0 Å². The number of amides is 1. The predicted octanol–water partition coefficient (Wildman–Crippen LogP) is 2.40. The standard InChI is InChI=1S/C18H20F3N5O/c1-25-7-2-8-26(10-9-25)17-23-14(11-15(24-17)16(22)27)12-3-5-13(6-4-12)18(19,20)21/h3-6,11H,2,7-10H2,1H3,(H2,22,27). The van der Waals surface area contributed by atoms with Gasteiger partial charge in [0, 0.05) is 25.2 Å². The molecule has 1 aliphatic rings. The van der Waals surface area contributed by atoms with Gasteiger partial charge in [-0.2, -0.15) is 13.2 Å². The van der Waals surface area contributed by atoms with E-state index < -0.39 is 17.6 Å². The molecule has 0 unspecified atom stereocenters. The van der Waals surface area contributed by atoms with Crippen LogP contribution >= 0.6 is 0 Å². The highest BCUT2D eigenvalue weighted by atomic mass is 19.4. The molecule has 0 bridgehead atoms. The Morgan fingerprint density at radius 3 is 2.41 bits per heavy atom. The van der Waals surface area contributed by atoms with Crippen molar-refractivity contribution in [3.8, 4) is 11.3 Å². The molecule has 0 radical (unpaired) electrons. The average molecular weight is 379 g/mol. The lowest BCUT2D eigenvalue weighted by Gasteiger charge is -2.21. The lowest BCUT2D eigenvalue weighted by molar-refractivity contribution is -0.137. The Kier molecular flexibility index (Phi) is 5.31. The van der Waals surface area contributed by atoms with Crippen LogP contribution in [0.15, 0.2) is 30.3 Å². The van der Waals surface area contributed by atoms with Gasteiger partial charge in [0.05, 0.1) is 11.3 Å². The summed E-state index contributed by atoms with van der Waals surface area (Å²) in [6.45, 7) is 3.17. The lowest BCUT2D eigenvalue weighted by atomic mass is 10.1. The number of nitrogens with two attached hydrogens (primary N) is 1. The van der Waals surface area contributed by atoms with E-state index in [0.717, 1.165) is 38.2 Å². The number of carbonyl (C=O) groups excluding carboxylic acids is 1. The van der Waals surface area contributed by atoms with Crippen molar-refractivity contribution in [2.45, 2.75) is 12.6 Å². The summed E-state index contributed by atoms with van der Waals surface area (Å²) in [4.78, 5) is 24.6. The molecule has 0 aliphatic carbocycles. The van der Waals surface area contributed by atoms with E-state index in [2.05, 4.69) is 14.9 Å². The topological polar surface area (TPSA) is 75.3 Å². The first-order valence-corrected chi connectivity index (χ1v) is 8.54. The van der Waals surface area contributed by atoms with Crippen molar-refractivity contribution in [3.05, 3.63) is 41.6 Å². The Morgan fingerprint density at radius 2 is 1.78 bits per heavy atom. The highest BCUT2D eigenvalue weighted by Crippen LogP contribution is 2.31. The third kappa shape index (κ3) is 4.54. The maximum absolute atomic E-state index is 12.8. The van der Waals surface area contributed by atoms with Crippen LogP contribution in [0.5, 0.6) is 0 Å². The van der Waals surface area contributed by atoms with Crippen LogP contribution in [0.3, 0.4) is 0 Å². The predicted molar refractivity (Wildman–Crippen MR) is 95.3 cm³/mol. The smallest absolute Gasteiger partial charge is 0.364 e. The number of hydrogen-bond acceptors (Lipinski definition) is 5. The molecule has 2 aromatic rings. The first-order valence-electron chi connectivity index (χ1n) is 8.54. The zero-order valence-corrected chi connectivity index (χ0v) is 14.8. The molecule has 1 aliphatic heterocycles. The van der Waals surface area contributed by atoms with E-state index in [1.807, 2.05) is 11.9 Å². The third-order valence-electron chi connectivity index (χ3n) is 4.48. The van der Waals surface area contributed by atoms with E-state index in [1.54, 1.807) is 0 Å². The van der Waals surface area contributed by atoms with Crippen LogP contribution in [0, 0.1) is 0 Å². The number of anilines is 1. The number of likely N-dealkylation sites (N-methyl/N-ethyl adjacent to an activating group) is 1. The second kappa shape index (κ2) is 7.51. The molecule has 0 atom stereocenters. The number of hydrogen-bond donors (Lipinski definition) is 1. The molecule has 1 aromatic heterocycles. The summed E-state index contributed by atoms with van der Waals surface area (Å²) in [5, 5.41) is 0. The van der Waals surface area contributed by atoms with Gasteiger partial charge in [-0.1, -0.05) is 12.1 Å². The Bertz CT molecular complexity index is 823. The number of rotatable bonds is 3. The van der Waals surface area contributed by atoms with E-state index in [1.165, 1.54) is 18.2 Å². The highest BCUT2D eigenvalue weighted by molar-refractivity contribution is 5.92. The Labute approximate surface area is 154 Å². The molecule has 2 N–H and O–H groups in total. The van der Waals surface area contributed by atoms with Crippen molar-refractivity contribution >= 4 is 11.9 Å². The minimum Gasteiger partial charge on any atom is -0.364 e. The van der Waals surface area contributed by atoms with E-state index in [-0.39, 0.29) is 5.69 Å². The third-order valence-corrected chi connectivity index (χ3v) is 4.48. The summed E-state index contributed by atoms with van der Waals surface area (Å²) in [6, 6.07) is 6.04. The summed E-state index contributed by atoms with van der Waals surface area (Å²) in [7, 11) is 2.03. The molecule has 1 amide bonds. The maximum atomic E-state index is 12.8. The molecule has 1 fully saturated rings. The molecule has 0 spiro atoms. The van der Waals surface area contributed by atoms with Crippen LogP contribution in [-0.2, 0) is 6.18 Å². The first-order chi connectivity index (χ1) is 12.7. The highest BCUT2D eigenvalue weighted by Gasteiger charge is 2.30. The lowest BCUT2D eigenvalue weighted by Crippen LogP contribution is -2.31. The molecule has 1 saturated heterocycles. The summed E-state index contributed by atoms with van der Waals surface area (Å²) < 4.78 is 38.3. The van der Waals surface area contributed by atoms with E-state index >= 15 is 0 Å². The van der Waals surface area contributed by atoms with Crippen LogP contribution < -0.4 is 10.6 Å². The number of benzene rings is 1. The van der Waals surface area contributed by atoms with Gasteiger partial charge in [-0.25, -0.2) is 9.97 Å². The van der Waals surface area contributed by atoms with Gasteiger partial charge in [0.1, 0.15) is 5.69 Å². The number of nitrogens with zero attached hydrogens (tertiary/aromatic N) is 4. The van der Waals surface area contributed by atoms with Crippen molar-refractivity contribution in [3.63, 3.8) is 0 Å². The largest absolute Gasteiger partial charge is 0.416 e. The molecule has 3 rings (SSSR count). The summed E-state index contributed by atoms with van der Waals surface area (Å²) in [5.74, 6) is -0.352. The minimum atomic E-state index is -4.41. The van der Waals surface area contributed by atoms with Gasteiger partial charge in [-0.05, 0) is 38.2 Å². The summed E-state index contributed by atoms with van der Waals surface area (Å²) in [5.41, 5.74) is 5.50. The maximum Gasteiger partial charge on any atom is 0.416 e. The van der Waals surface area contributed by atoms with Crippen molar-refractivity contribution < 1.29 is 18.0 Å². The van der Waals surface area contributed by atoms with Crippen LogP contribution in [-0.4, -0.2) is 54.0 Å². The number of aromatic nitrogens is 2. The van der Waals surface area contributed by atoms with Crippen LogP contribution in [0.4, 0.5) is 19.1 Å². The van der Waals surface area contributed by atoms with Crippen LogP contribution in [0.1, 0.15) is 22.5 Å². The molecule has 144 valence electrons. The second-order valence-electron chi connectivity index (χ2n) is 6.52. The SMILES string of the molecule is CN1CCCN(c2nc(C(N)=O)cc(-c3ccc(C(F)(F)F)cc3)n2)CC1. The van der Waals surface area contributed by atoms with Gasteiger partial charge in [0.2, 0.25) is 5.95 Å².